The maximum atomic E-state index is 13.8. The first-order valence-electron chi connectivity index (χ1n) is 11.9. The number of fused-ring (bicyclic) bond motifs is 1. The monoisotopic (exact) mass is 526 g/mol. The Balaban J connectivity index is 1.60. The zero-order chi connectivity index (χ0) is 26.1. The van der Waals surface area contributed by atoms with Crippen molar-refractivity contribution in [2.45, 2.75) is 26.4 Å². The number of amides is 1. The summed E-state index contributed by atoms with van der Waals surface area (Å²) in [5.41, 5.74) is 3.68. The van der Waals surface area contributed by atoms with Crippen molar-refractivity contribution in [3.05, 3.63) is 117 Å². The van der Waals surface area contributed by atoms with E-state index in [1.807, 2.05) is 98.6 Å². The third kappa shape index (κ3) is 4.82. The zero-order valence-corrected chi connectivity index (χ0v) is 22.4. The fraction of sp³-hybridized carbons (Fsp3) is 0.172. The summed E-state index contributed by atoms with van der Waals surface area (Å²) in [4.78, 5) is 36.2. The van der Waals surface area contributed by atoms with Crippen molar-refractivity contribution in [2.75, 3.05) is 11.9 Å². The molecule has 1 amide bonds. The third-order valence-electron chi connectivity index (χ3n) is 6.46. The number of aromatic nitrogens is 2. The van der Waals surface area contributed by atoms with Gasteiger partial charge in [0.15, 0.2) is 0 Å². The largest absolute Gasteiger partial charge is 0.355 e. The van der Waals surface area contributed by atoms with Crippen molar-refractivity contribution in [1.82, 2.24) is 14.3 Å². The molecule has 5 rings (SSSR count). The summed E-state index contributed by atoms with van der Waals surface area (Å²) in [6.07, 6.45) is 3.36. The topological polar surface area (TPSA) is 57.9 Å². The zero-order valence-electron chi connectivity index (χ0n) is 20.8. The van der Waals surface area contributed by atoms with E-state index in [0.29, 0.717) is 32.8 Å². The molecule has 1 atom stereocenters. The molecule has 2 aromatic carbocycles. The molecule has 3 heterocycles. The van der Waals surface area contributed by atoms with E-state index in [4.69, 9.17) is 17.2 Å². The molecule has 8 heteroatoms. The van der Waals surface area contributed by atoms with Gasteiger partial charge in [0.1, 0.15) is 15.8 Å². The van der Waals surface area contributed by atoms with Gasteiger partial charge < -0.3 is 4.90 Å². The Kier molecular flexibility index (Phi) is 6.95. The third-order valence-corrected chi connectivity index (χ3v) is 7.79. The van der Waals surface area contributed by atoms with E-state index < -0.39 is 0 Å². The van der Waals surface area contributed by atoms with Gasteiger partial charge in [-0.25, -0.2) is 4.98 Å². The first kappa shape index (κ1) is 24.9. The minimum Gasteiger partial charge on any atom is -0.355 e. The van der Waals surface area contributed by atoms with Gasteiger partial charge in [-0.1, -0.05) is 90.7 Å². The highest BCUT2D eigenvalue weighted by Crippen LogP contribution is 2.38. The minimum absolute atomic E-state index is 0.211. The van der Waals surface area contributed by atoms with Crippen LogP contribution in [0.15, 0.2) is 88.7 Å². The van der Waals surface area contributed by atoms with Gasteiger partial charge in [0, 0.05) is 19.8 Å². The average molecular weight is 527 g/mol. The van der Waals surface area contributed by atoms with Crippen molar-refractivity contribution in [3.8, 4) is 0 Å². The molecule has 0 saturated carbocycles. The predicted octanol–water partition coefficient (Wildman–Crippen LogP) is 5.60. The average Bonchev–Trinajstić information content (AvgIpc) is 3.18. The van der Waals surface area contributed by atoms with Crippen molar-refractivity contribution in [3.63, 3.8) is 0 Å². The molecule has 1 fully saturated rings. The standard InChI is InChI=1S/C29H26N4O2S2/c1-19-11-10-16-32-25(19)30-26(31(3)18-21-12-6-4-7-13-21)23(27(32)34)17-24-28(35)33(29(36)37-24)20(2)22-14-8-5-9-15-22/h4-17,20H,18H2,1-3H3/b24-17-/t20-/m1/s1. The van der Waals surface area contributed by atoms with Crippen LogP contribution in [0.1, 0.15) is 35.2 Å². The van der Waals surface area contributed by atoms with E-state index in [9.17, 15) is 9.59 Å². The first-order chi connectivity index (χ1) is 17.8. The number of rotatable bonds is 6. The number of hydrogen-bond donors (Lipinski definition) is 0. The highest BCUT2D eigenvalue weighted by Gasteiger charge is 2.36. The van der Waals surface area contributed by atoms with Gasteiger partial charge in [0.2, 0.25) is 0 Å². The molecule has 0 N–H and O–H groups in total. The summed E-state index contributed by atoms with van der Waals surface area (Å²) in [7, 11) is 1.91. The molecule has 4 aromatic rings. The Morgan fingerprint density at radius 2 is 1.70 bits per heavy atom. The number of hydrogen-bond acceptors (Lipinski definition) is 6. The van der Waals surface area contributed by atoms with Crippen LogP contribution >= 0.6 is 24.0 Å². The summed E-state index contributed by atoms with van der Waals surface area (Å²) >= 11 is 6.82. The van der Waals surface area contributed by atoms with Crippen LogP contribution in [0.2, 0.25) is 0 Å². The number of carbonyl (C=O) groups excluding carboxylic acids is 1. The molecule has 1 aliphatic heterocycles. The quantitative estimate of drug-likeness (QED) is 0.241. The molecule has 0 bridgehead atoms. The van der Waals surface area contributed by atoms with Gasteiger partial charge in [-0.05, 0) is 42.7 Å². The molecule has 0 spiro atoms. The maximum absolute atomic E-state index is 13.8. The molecule has 186 valence electrons. The lowest BCUT2D eigenvalue weighted by atomic mass is 10.1. The van der Waals surface area contributed by atoms with Crippen molar-refractivity contribution in [2.24, 2.45) is 0 Å². The van der Waals surface area contributed by atoms with Gasteiger partial charge in [0.25, 0.3) is 11.5 Å². The lowest BCUT2D eigenvalue weighted by molar-refractivity contribution is -0.123. The van der Waals surface area contributed by atoms with E-state index >= 15 is 0 Å². The smallest absolute Gasteiger partial charge is 0.267 e. The summed E-state index contributed by atoms with van der Waals surface area (Å²) in [6, 6.07) is 23.3. The second-order valence-corrected chi connectivity index (χ2v) is 10.7. The number of carbonyl (C=O) groups is 1. The normalized spacial score (nSPS) is 15.5. The Morgan fingerprint density at radius 3 is 2.41 bits per heavy atom. The van der Waals surface area contributed by atoms with E-state index in [1.54, 1.807) is 17.2 Å². The van der Waals surface area contributed by atoms with Crippen LogP contribution in [-0.2, 0) is 11.3 Å². The number of anilines is 1. The molecule has 0 aliphatic carbocycles. The van der Waals surface area contributed by atoms with Crippen LogP contribution in [0, 0.1) is 6.92 Å². The van der Waals surface area contributed by atoms with E-state index in [2.05, 4.69) is 0 Å². The summed E-state index contributed by atoms with van der Waals surface area (Å²) in [5.74, 6) is 0.307. The van der Waals surface area contributed by atoms with E-state index in [0.717, 1.165) is 16.7 Å². The van der Waals surface area contributed by atoms with Gasteiger partial charge >= 0.3 is 0 Å². The first-order valence-corrected chi connectivity index (χ1v) is 13.2. The molecular weight excluding hydrogens is 500 g/mol. The highest BCUT2D eigenvalue weighted by atomic mass is 32.2. The lowest BCUT2D eigenvalue weighted by Gasteiger charge is -2.23. The van der Waals surface area contributed by atoms with Crippen LogP contribution in [0.25, 0.3) is 11.7 Å². The van der Waals surface area contributed by atoms with Gasteiger partial charge in [-0.2, -0.15) is 0 Å². The van der Waals surface area contributed by atoms with Crippen LogP contribution in [0.4, 0.5) is 5.82 Å². The minimum atomic E-state index is -0.231. The number of pyridine rings is 1. The molecule has 6 nitrogen and oxygen atoms in total. The second kappa shape index (κ2) is 10.3. The molecule has 1 aliphatic rings. The molecule has 0 unspecified atom stereocenters. The highest BCUT2D eigenvalue weighted by molar-refractivity contribution is 8.26. The maximum Gasteiger partial charge on any atom is 0.267 e. The summed E-state index contributed by atoms with van der Waals surface area (Å²) < 4.78 is 2.01. The van der Waals surface area contributed by atoms with Crippen LogP contribution in [-0.4, -0.2) is 31.6 Å². The van der Waals surface area contributed by atoms with Crippen molar-refractivity contribution < 1.29 is 4.79 Å². The lowest BCUT2D eigenvalue weighted by Crippen LogP contribution is -2.31. The van der Waals surface area contributed by atoms with Crippen LogP contribution in [0.3, 0.4) is 0 Å². The Hall–Kier alpha value is -3.75. The summed E-state index contributed by atoms with van der Waals surface area (Å²) in [6.45, 7) is 4.44. The number of thiocarbonyl (C=S) groups is 1. The SMILES string of the molecule is Cc1cccn2c(=O)c(/C=C3\SC(=S)N([C@H](C)c4ccccc4)C3=O)c(N(C)Cc3ccccc3)nc12. The summed E-state index contributed by atoms with van der Waals surface area (Å²) in [5, 5.41) is 0. The van der Waals surface area contributed by atoms with Gasteiger partial charge in [-0.15, -0.1) is 0 Å². The molecule has 37 heavy (non-hydrogen) atoms. The molecular formula is C29H26N4O2S2. The van der Waals surface area contributed by atoms with Crippen LogP contribution in [0.5, 0.6) is 0 Å². The molecule has 1 saturated heterocycles. The van der Waals surface area contributed by atoms with Crippen molar-refractivity contribution >= 4 is 51.7 Å². The number of thioether (sulfide) groups is 1. The molecule has 0 radical (unpaired) electrons. The number of nitrogens with zero attached hydrogens (tertiary/aromatic N) is 4. The number of benzene rings is 2. The van der Waals surface area contributed by atoms with E-state index in [-0.39, 0.29) is 17.5 Å². The number of aryl methyl sites for hydroxylation is 1. The Morgan fingerprint density at radius 1 is 1.03 bits per heavy atom. The second-order valence-electron chi connectivity index (χ2n) is 9.02. The van der Waals surface area contributed by atoms with Gasteiger partial charge in [-0.3, -0.25) is 18.9 Å². The van der Waals surface area contributed by atoms with Crippen molar-refractivity contribution in [1.29, 1.82) is 0 Å². The van der Waals surface area contributed by atoms with E-state index in [1.165, 1.54) is 16.2 Å². The fourth-order valence-corrected chi connectivity index (χ4v) is 5.88. The fourth-order valence-electron chi connectivity index (χ4n) is 4.48. The van der Waals surface area contributed by atoms with Gasteiger partial charge in [0.05, 0.1) is 16.5 Å². The molecule has 2 aromatic heterocycles. The predicted molar refractivity (Wildman–Crippen MR) is 155 cm³/mol. The Labute approximate surface area is 225 Å². The Bertz CT molecular complexity index is 1580. The van der Waals surface area contributed by atoms with Crippen LogP contribution < -0.4 is 10.5 Å².